The van der Waals surface area contributed by atoms with E-state index in [4.69, 9.17) is 9.47 Å². The van der Waals surface area contributed by atoms with Crippen molar-refractivity contribution in [2.75, 3.05) is 36.2 Å². The lowest BCUT2D eigenvalue weighted by molar-refractivity contribution is -0.145. The van der Waals surface area contributed by atoms with E-state index < -0.39 is 53.0 Å². The van der Waals surface area contributed by atoms with Crippen LogP contribution in [0.1, 0.15) is 34.6 Å². The van der Waals surface area contributed by atoms with Gasteiger partial charge in [0.2, 0.25) is 5.12 Å². The van der Waals surface area contributed by atoms with Gasteiger partial charge in [-0.15, -0.1) is 12.6 Å². The lowest BCUT2D eigenvalue weighted by Gasteiger charge is -2.20. The lowest BCUT2D eigenvalue weighted by atomic mass is 10.0. The van der Waals surface area contributed by atoms with Gasteiger partial charge in [-0.3, -0.25) is 29.1 Å². The molecule has 2 amide bonds. The standard InChI is InChI=1S/C28H36N6O8S6/c1-3-41-26(38)20(14-46-34-19(13-44)28(40)45)31-24(36)17-7-5-9-29-22(17)23-18(8-6-10-30-23)25(37)32-21(27(39)42-4-2)15-47-48-33-16(11-35)12-43/h5-11,16,19-21,33-34,43-44H,3-4,12-15H2,1-2H3,(H,31,36)(H,32,37)(H,40,45)/t16-,19+,20?,21?/m1/s1. The molecule has 4 atom stereocenters. The molecule has 0 saturated carbocycles. The molecule has 0 aromatic carbocycles. The molecular formula is C28H36N6O8S6. The Morgan fingerprint density at radius 1 is 0.812 bits per heavy atom. The molecule has 0 bridgehead atoms. The van der Waals surface area contributed by atoms with E-state index in [1.54, 1.807) is 13.8 Å². The van der Waals surface area contributed by atoms with Crippen molar-refractivity contribution in [3.8, 4) is 11.4 Å². The molecule has 2 unspecified atom stereocenters. The molecule has 0 aliphatic rings. The van der Waals surface area contributed by atoms with Gasteiger partial charge in [0.15, 0.2) is 0 Å². The molecule has 48 heavy (non-hydrogen) atoms. The number of ether oxygens (including phenoxy) is 2. The zero-order valence-electron chi connectivity index (χ0n) is 25.8. The molecular weight excluding hydrogens is 741 g/mol. The Kier molecular flexibility index (Phi) is 20.0. The molecule has 0 aliphatic heterocycles. The molecule has 2 aromatic heterocycles. The van der Waals surface area contributed by atoms with Gasteiger partial charge in [-0.25, -0.2) is 14.3 Å². The van der Waals surface area contributed by atoms with Gasteiger partial charge in [0.25, 0.3) is 11.8 Å². The van der Waals surface area contributed by atoms with Crippen LogP contribution < -0.4 is 20.1 Å². The first-order chi connectivity index (χ1) is 23.1. The van der Waals surface area contributed by atoms with E-state index in [-0.39, 0.29) is 58.7 Å². The van der Waals surface area contributed by atoms with Gasteiger partial charge in [0.05, 0.1) is 36.4 Å². The van der Waals surface area contributed by atoms with Crippen LogP contribution in [0.5, 0.6) is 0 Å². The summed E-state index contributed by atoms with van der Waals surface area (Å²) in [6.07, 6.45) is 3.54. The highest BCUT2D eigenvalue weighted by atomic mass is 33.1. The number of amides is 2. The van der Waals surface area contributed by atoms with Gasteiger partial charge in [-0.1, -0.05) is 22.7 Å². The van der Waals surface area contributed by atoms with Gasteiger partial charge >= 0.3 is 11.9 Å². The van der Waals surface area contributed by atoms with Crippen LogP contribution in [0.4, 0.5) is 0 Å². The van der Waals surface area contributed by atoms with Crippen molar-refractivity contribution >= 4 is 107 Å². The molecule has 2 heterocycles. The minimum atomic E-state index is -1.13. The van der Waals surface area contributed by atoms with Gasteiger partial charge < -0.3 is 24.9 Å². The van der Waals surface area contributed by atoms with Crippen molar-refractivity contribution in [3.63, 3.8) is 0 Å². The maximum Gasteiger partial charge on any atom is 0.329 e. The summed E-state index contributed by atoms with van der Waals surface area (Å²) in [6.45, 7) is 3.41. The first-order valence-corrected chi connectivity index (χ1v) is 19.3. The lowest BCUT2D eigenvalue weighted by Crippen LogP contribution is -2.45. The molecule has 0 radical (unpaired) electrons. The minimum Gasteiger partial charge on any atom is -0.464 e. The average molecular weight is 777 g/mol. The number of esters is 2. The smallest absolute Gasteiger partial charge is 0.329 e. The normalized spacial score (nSPS) is 13.4. The fraction of sp³-hybridized carbons (Fsp3) is 0.429. The molecule has 0 fully saturated rings. The highest BCUT2D eigenvalue weighted by Crippen LogP contribution is 2.24. The van der Waals surface area contributed by atoms with E-state index in [1.807, 2.05) is 0 Å². The number of carbonyl (C=O) groups is 6. The molecule has 2 aromatic rings. The van der Waals surface area contributed by atoms with Crippen molar-refractivity contribution in [1.82, 2.24) is 30.0 Å². The van der Waals surface area contributed by atoms with Gasteiger partial charge in [-0.05, 0) is 49.1 Å². The molecule has 14 nitrogen and oxygen atoms in total. The van der Waals surface area contributed by atoms with E-state index in [9.17, 15) is 28.8 Å². The Labute approximate surface area is 306 Å². The van der Waals surface area contributed by atoms with Crippen LogP contribution in [0.2, 0.25) is 0 Å². The second kappa shape index (κ2) is 23.0. The Morgan fingerprint density at radius 2 is 1.33 bits per heavy atom. The predicted molar refractivity (Wildman–Crippen MR) is 197 cm³/mol. The van der Waals surface area contributed by atoms with Crippen LogP contribution in [-0.4, -0.2) is 106 Å². The quantitative estimate of drug-likeness (QED) is 0.0229. The fourth-order valence-corrected chi connectivity index (χ4v) is 7.44. The number of aromatic nitrogens is 2. The largest absolute Gasteiger partial charge is 0.464 e. The Hall–Kier alpha value is -2.46. The number of pyridine rings is 2. The van der Waals surface area contributed by atoms with E-state index in [1.165, 1.54) is 47.5 Å². The van der Waals surface area contributed by atoms with Crippen molar-refractivity contribution in [3.05, 3.63) is 47.8 Å². The summed E-state index contributed by atoms with van der Waals surface area (Å²) in [7, 11) is 2.31. The molecule has 4 N–H and O–H groups in total. The maximum atomic E-state index is 13.6. The third-order valence-electron chi connectivity index (χ3n) is 5.89. The number of aldehydes is 1. The number of hydrogen-bond donors (Lipinski definition) is 7. The van der Waals surface area contributed by atoms with Crippen molar-refractivity contribution in [1.29, 1.82) is 0 Å². The SMILES string of the molecule is CCOC(=O)C(CSN[C@@H](CS)C(=O)S)NC(=O)c1cccnc1-c1ncccc1C(=O)NC(CSSN[C@H](C=O)CS)C(=O)OCC. The molecule has 0 spiro atoms. The van der Waals surface area contributed by atoms with Crippen LogP contribution in [-0.2, 0) is 28.7 Å². The zero-order chi connectivity index (χ0) is 35.5. The third kappa shape index (κ3) is 13.4. The minimum absolute atomic E-state index is 0.00479. The van der Waals surface area contributed by atoms with E-state index in [0.717, 1.165) is 22.9 Å². The van der Waals surface area contributed by atoms with E-state index >= 15 is 0 Å². The summed E-state index contributed by atoms with van der Waals surface area (Å²) in [5.74, 6) is -2.23. The Morgan fingerprint density at radius 3 is 1.77 bits per heavy atom. The van der Waals surface area contributed by atoms with Crippen molar-refractivity contribution in [2.24, 2.45) is 0 Å². The second-order valence-electron chi connectivity index (χ2n) is 9.27. The van der Waals surface area contributed by atoms with Crippen LogP contribution in [0.15, 0.2) is 36.7 Å². The summed E-state index contributed by atoms with van der Waals surface area (Å²) >= 11 is 13.0. The van der Waals surface area contributed by atoms with Gasteiger partial charge in [0, 0.05) is 35.4 Å². The highest BCUT2D eigenvalue weighted by Gasteiger charge is 2.29. The Bertz CT molecular complexity index is 1410. The summed E-state index contributed by atoms with van der Waals surface area (Å²) in [5.41, 5.74) is 0.105. The molecule has 2 rings (SSSR count). The fourth-order valence-electron chi connectivity index (χ4n) is 3.55. The number of nitrogens with zero attached hydrogens (tertiary/aromatic N) is 2. The number of thiol groups is 3. The van der Waals surface area contributed by atoms with E-state index in [0.29, 0.717) is 6.29 Å². The predicted octanol–water partition coefficient (Wildman–Crippen LogP) is 1.84. The highest BCUT2D eigenvalue weighted by molar-refractivity contribution is 8.76. The summed E-state index contributed by atoms with van der Waals surface area (Å²) in [4.78, 5) is 83.9. The monoisotopic (exact) mass is 776 g/mol. The third-order valence-corrected chi connectivity index (χ3v) is 9.95. The number of hydrogen-bond acceptors (Lipinski definition) is 17. The molecule has 262 valence electrons. The summed E-state index contributed by atoms with van der Waals surface area (Å²) < 4.78 is 16.0. The first kappa shape index (κ1) is 41.7. The van der Waals surface area contributed by atoms with Crippen LogP contribution >= 0.6 is 71.6 Å². The van der Waals surface area contributed by atoms with Gasteiger partial charge in [-0.2, -0.15) is 25.3 Å². The molecule has 0 aliphatic carbocycles. The summed E-state index contributed by atoms with van der Waals surface area (Å²) in [5, 5.41) is 4.86. The maximum absolute atomic E-state index is 13.6. The van der Waals surface area contributed by atoms with Crippen LogP contribution in [0.3, 0.4) is 0 Å². The molecule has 20 heteroatoms. The first-order valence-electron chi connectivity index (χ1n) is 14.3. The van der Waals surface area contributed by atoms with Crippen molar-refractivity contribution < 1.29 is 38.2 Å². The van der Waals surface area contributed by atoms with E-state index in [2.05, 4.69) is 67.9 Å². The zero-order valence-corrected chi connectivity index (χ0v) is 31.0. The topological polar surface area (TPSA) is 195 Å². The number of carbonyl (C=O) groups excluding carboxylic acids is 6. The number of nitrogens with one attached hydrogen (secondary N) is 4. The summed E-state index contributed by atoms with van der Waals surface area (Å²) in [6, 6.07) is 2.55. The Balaban J connectivity index is 2.31. The van der Waals surface area contributed by atoms with Crippen LogP contribution in [0, 0.1) is 0 Å². The van der Waals surface area contributed by atoms with Gasteiger partial charge in [0.1, 0.15) is 29.8 Å². The van der Waals surface area contributed by atoms with Crippen LogP contribution in [0.25, 0.3) is 11.4 Å². The average Bonchev–Trinajstić information content (AvgIpc) is 3.08. The molecule has 0 saturated heterocycles. The second-order valence-corrected chi connectivity index (χ2v) is 13.5. The number of rotatable bonds is 22. The van der Waals surface area contributed by atoms with Crippen molar-refractivity contribution in [2.45, 2.75) is 38.0 Å².